The molecule has 0 spiro atoms. The molecule has 0 bridgehead atoms. The van der Waals surface area contributed by atoms with E-state index in [1.807, 2.05) is 0 Å². The van der Waals surface area contributed by atoms with Crippen molar-refractivity contribution in [2.75, 3.05) is 0 Å². The first-order valence-electron chi connectivity index (χ1n) is 7.71. The van der Waals surface area contributed by atoms with Gasteiger partial charge >= 0.3 is 0 Å². The Balaban J connectivity index is 2.08. The lowest BCUT2D eigenvalue weighted by Crippen LogP contribution is -1.98. The molecule has 0 N–H and O–H groups in total. The van der Waals surface area contributed by atoms with E-state index in [0.717, 1.165) is 0 Å². The quantitative estimate of drug-likeness (QED) is 0.265. The second kappa shape index (κ2) is 3.48. The second-order valence-corrected chi connectivity index (χ2v) is 6.24. The Hall–Kier alpha value is -2.86. The lowest BCUT2D eigenvalue weighted by atomic mass is 9.93. The fourth-order valence-corrected chi connectivity index (χ4v) is 4.20. The summed E-state index contributed by atoms with van der Waals surface area (Å²) in [5, 5.41) is 12.4. The van der Waals surface area contributed by atoms with E-state index >= 15 is 0 Å². The van der Waals surface area contributed by atoms with Gasteiger partial charge in [-0.05, 0) is 72.1 Å². The average molecular weight is 276 g/mol. The molecule has 0 saturated heterocycles. The molecule has 0 aromatic heterocycles. The maximum atomic E-state index is 2.37. The minimum absolute atomic E-state index is 1.33. The highest BCUT2D eigenvalue weighted by Gasteiger charge is 2.16. The van der Waals surface area contributed by atoms with Crippen molar-refractivity contribution in [1.29, 1.82) is 0 Å². The van der Waals surface area contributed by atoms with Gasteiger partial charge in [0.2, 0.25) is 0 Å². The van der Waals surface area contributed by atoms with Crippen molar-refractivity contribution in [3.63, 3.8) is 0 Å². The third kappa shape index (κ3) is 1.12. The number of benzene rings is 5. The number of fused-ring (bicyclic) bond motifs is 2. The van der Waals surface area contributed by atoms with Crippen molar-refractivity contribution in [1.82, 2.24) is 0 Å². The first-order valence-corrected chi connectivity index (χ1v) is 7.71. The summed E-state index contributed by atoms with van der Waals surface area (Å²) in [6, 6.07) is 24.5. The molecule has 22 heavy (non-hydrogen) atoms. The zero-order valence-electron chi connectivity index (χ0n) is 11.9. The average Bonchev–Trinajstić information content (AvgIpc) is 2.96. The van der Waals surface area contributed by atoms with Crippen LogP contribution in [0.3, 0.4) is 0 Å². The van der Waals surface area contributed by atoms with E-state index in [4.69, 9.17) is 0 Å². The van der Waals surface area contributed by atoms with Crippen LogP contribution in [0.2, 0.25) is 0 Å². The van der Waals surface area contributed by atoms with Crippen LogP contribution in [0.25, 0.3) is 49.2 Å². The van der Waals surface area contributed by atoms with Crippen molar-refractivity contribution in [2.24, 2.45) is 0 Å². The van der Waals surface area contributed by atoms with Crippen LogP contribution in [0.4, 0.5) is 0 Å². The maximum Gasteiger partial charge on any atom is -0.00143 e. The van der Waals surface area contributed by atoms with E-state index in [1.165, 1.54) is 53.9 Å². The molecule has 0 aliphatic heterocycles. The molecule has 0 atom stereocenters. The third-order valence-corrected chi connectivity index (χ3v) is 5.09. The smallest absolute Gasteiger partial charge is 0.00143 e. The van der Waals surface area contributed by atoms with Gasteiger partial charge in [-0.2, -0.15) is 0 Å². The van der Waals surface area contributed by atoms with E-state index in [2.05, 4.69) is 72.8 Å². The minimum Gasteiger partial charge on any atom is -0.0616 e. The molecule has 5 aromatic carbocycles. The second-order valence-electron chi connectivity index (χ2n) is 6.24. The topological polar surface area (TPSA) is 0 Å². The lowest BCUT2D eigenvalue weighted by molar-refractivity contribution is 1.76. The van der Waals surface area contributed by atoms with E-state index in [-0.39, 0.29) is 0 Å². The van der Waals surface area contributed by atoms with Crippen molar-refractivity contribution in [2.45, 2.75) is 0 Å². The number of hydrogen-bond donors (Lipinski definition) is 0. The molecule has 0 heteroatoms. The van der Waals surface area contributed by atoms with Crippen molar-refractivity contribution < 1.29 is 0 Å². The third-order valence-electron chi connectivity index (χ3n) is 5.09. The normalized spacial score (nSPS) is 12.9. The van der Waals surface area contributed by atoms with Gasteiger partial charge in [0.15, 0.2) is 0 Å². The van der Waals surface area contributed by atoms with Gasteiger partial charge in [0.1, 0.15) is 0 Å². The van der Waals surface area contributed by atoms with Crippen molar-refractivity contribution >= 4 is 49.2 Å². The van der Waals surface area contributed by atoms with Crippen LogP contribution in [-0.4, -0.2) is 0 Å². The van der Waals surface area contributed by atoms with Crippen LogP contribution < -0.4 is 5.22 Å². The summed E-state index contributed by atoms with van der Waals surface area (Å²) < 4.78 is 0. The van der Waals surface area contributed by atoms with E-state index in [0.29, 0.717) is 0 Å². The Morgan fingerprint density at radius 3 is 2.32 bits per heavy atom. The summed E-state index contributed by atoms with van der Waals surface area (Å²) in [6.45, 7) is 0. The number of rotatable bonds is 0. The van der Waals surface area contributed by atoms with Crippen LogP contribution in [0.1, 0.15) is 5.56 Å². The summed E-state index contributed by atoms with van der Waals surface area (Å²) in [5.74, 6) is 0. The molecule has 0 amide bonds. The molecule has 5 aromatic rings. The molecule has 0 saturated carbocycles. The molecule has 0 radical (unpaired) electrons. The van der Waals surface area contributed by atoms with Crippen LogP contribution in [0.15, 0.2) is 66.7 Å². The molecule has 1 aliphatic carbocycles. The first-order chi connectivity index (χ1) is 10.9. The maximum absolute atomic E-state index is 2.37. The fourth-order valence-electron chi connectivity index (χ4n) is 4.20. The molecule has 0 heterocycles. The van der Waals surface area contributed by atoms with E-state index in [9.17, 15) is 0 Å². The molecule has 1 aliphatic rings. The summed E-state index contributed by atoms with van der Waals surface area (Å²) in [7, 11) is 0. The lowest BCUT2D eigenvalue weighted by Gasteiger charge is -2.10. The first kappa shape index (κ1) is 10.8. The molecular weight excluding hydrogens is 264 g/mol. The van der Waals surface area contributed by atoms with E-state index in [1.54, 1.807) is 0 Å². The highest BCUT2D eigenvalue weighted by Crippen LogP contribution is 2.39. The Morgan fingerprint density at radius 2 is 1.32 bits per heavy atom. The van der Waals surface area contributed by atoms with Gasteiger partial charge in [-0.1, -0.05) is 54.6 Å². The van der Waals surface area contributed by atoms with Gasteiger partial charge < -0.3 is 0 Å². The zero-order chi connectivity index (χ0) is 14.3. The van der Waals surface area contributed by atoms with Crippen LogP contribution in [0.5, 0.6) is 0 Å². The Labute approximate surface area is 127 Å². The summed E-state index contributed by atoms with van der Waals surface area (Å²) in [5.41, 5.74) is 1.39. The van der Waals surface area contributed by atoms with Crippen molar-refractivity contribution in [3.05, 3.63) is 77.5 Å². The van der Waals surface area contributed by atoms with E-state index < -0.39 is 0 Å². The highest BCUT2D eigenvalue weighted by molar-refractivity contribution is 6.28. The standard InChI is InChI=1S/C22H12/c1-2-7-18-14(4-1)10-17-11-15-6-3-5-13-8-9-16-12-19(18)21(17)22(16)20(13)15/h1-12H. The summed E-state index contributed by atoms with van der Waals surface area (Å²) >= 11 is 0. The Bertz CT molecular complexity index is 1310. The Kier molecular flexibility index (Phi) is 1.71. The van der Waals surface area contributed by atoms with Crippen LogP contribution in [0, 0.1) is 0 Å². The predicted molar refractivity (Wildman–Crippen MR) is 95.3 cm³/mol. The predicted octanol–water partition coefficient (Wildman–Crippen LogP) is 5.16. The Morgan fingerprint density at radius 1 is 0.500 bits per heavy atom. The van der Waals surface area contributed by atoms with Crippen LogP contribution in [-0.2, 0) is 0 Å². The summed E-state index contributed by atoms with van der Waals surface area (Å²) in [4.78, 5) is 0. The zero-order valence-corrected chi connectivity index (χ0v) is 11.9. The van der Waals surface area contributed by atoms with Gasteiger partial charge in [0.05, 0.1) is 0 Å². The summed E-state index contributed by atoms with van der Waals surface area (Å²) in [6.07, 6.45) is 2.37. The molecule has 100 valence electrons. The largest absolute Gasteiger partial charge is 0.0616 e. The van der Waals surface area contributed by atoms with Gasteiger partial charge in [0.25, 0.3) is 0 Å². The van der Waals surface area contributed by atoms with Crippen molar-refractivity contribution in [3.8, 4) is 0 Å². The number of hydrogen-bond acceptors (Lipinski definition) is 0. The molecular formula is C22H12. The molecule has 0 nitrogen and oxygen atoms in total. The van der Waals surface area contributed by atoms with Gasteiger partial charge in [-0.3, -0.25) is 0 Å². The molecule has 0 fully saturated rings. The van der Waals surface area contributed by atoms with Gasteiger partial charge in [-0.25, -0.2) is 0 Å². The van der Waals surface area contributed by atoms with Gasteiger partial charge in [-0.15, -0.1) is 0 Å². The minimum atomic E-state index is 1.33. The molecule has 6 rings (SSSR count). The van der Waals surface area contributed by atoms with Gasteiger partial charge in [0, 0.05) is 0 Å². The molecule has 0 unspecified atom stereocenters. The fraction of sp³-hybridized carbons (Fsp3) is 0. The van der Waals surface area contributed by atoms with Crippen LogP contribution >= 0.6 is 0 Å². The highest BCUT2D eigenvalue weighted by atomic mass is 14.2. The monoisotopic (exact) mass is 276 g/mol. The SMILES string of the molecule is C1=c2ccc3cccc4cc5cc6ccccc6c1c5c2c34.